The number of ether oxygens (including phenoxy) is 1. The number of nitrogens with zero attached hydrogens (tertiary/aromatic N) is 5. The van der Waals surface area contributed by atoms with Gasteiger partial charge in [-0.3, -0.25) is 4.79 Å². The number of aryl methyl sites for hydroxylation is 1. The Kier molecular flexibility index (Phi) is 5.32. The van der Waals surface area contributed by atoms with Gasteiger partial charge in [-0.1, -0.05) is 0 Å². The van der Waals surface area contributed by atoms with Gasteiger partial charge in [-0.2, -0.15) is 0 Å². The Morgan fingerprint density at radius 3 is 2.83 bits per heavy atom. The summed E-state index contributed by atoms with van der Waals surface area (Å²) in [6.45, 7) is 6.02. The van der Waals surface area contributed by atoms with E-state index < -0.39 is 0 Å². The molecule has 0 amide bonds. The maximum absolute atomic E-state index is 11.7. The zero-order chi connectivity index (χ0) is 16.9. The molecule has 8 nitrogen and oxygen atoms in total. The minimum atomic E-state index is -0.101. The first kappa shape index (κ1) is 16.7. The van der Waals surface area contributed by atoms with Crippen LogP contribution < -0.4 is 5.32 Å². The summed E-state index contributed by atoms with van der Waals surface area (Å²) in [6.07, 6.45) is 3.76. The van der Waals surface area contributed by atoms with Crippen molar-refractivity contribution in [3.63, 3.8) is 0 Å². The molecule has 0 bridgehead atoms. The number of esters is 1. The number of methoxy groups -OCH3 is 1. The summed E-state index contributed by atoms with van der Waals surface area (Å²) in [5.41, 5.74) is 0. The van der Waals surface area contributed by atoms with Gasteiger partial charge in [-0.05, 0) is 26.2 Å². The van der Waals surface area contributed by atoms with Crippen LogP contribution in [-0.2, 0) is 29.0 Å². The van der Waals surface area contributed by atoms with Gasteiger partial charge in [0.1, 0.15) is 12.4 Å². The number of aromatic nitrogens is 3. The molecule has 2 aliphatic rings. The zero-order valence-corrected chi connectivity index (χ0v) is 14.5. The number of carbonyl (C=O) groups is 1. The van der Waals surface area contributed by atoms with E-state index in [0.717, 1.165) is 69.5 Å². The molecule has 0 unspecified atom stereocenters. The normalized spacial score (nSPS) is 18.6. The van der Waals surface area contributed by atoms with Crippen LogP contribution in [-0.4, -0.2) is 58.3 Å². The molecule has 132 valence electrons. The summed E-state index contributed by atoms with van der Waals surface area (Å²) in [4.78, 5) is 18.6. The molecule has 0 atom stereocenters. The molecule has 0 radical (unpaired) electrons. The van der Waals surface area contributed by atoms with Gasteiger partial charge in [0.25, 0.3) is 0 Å². The van der Waals surface area contributed by atoms with Crippen molar-refractivity contribution in [1.82, 2.24) is 25.0 Å². The Bertz CT molecular complexity index is 604. The predicted octanol–water partition coefficient (Wildman–Crippen LogP) is 0.575. The van der Waals surface area contributed by atoms with Gasteiger partial charge in [0.05, 0.1) is 13.0 Å². The van der Waals surface area contributed by atoms with Crippen molar-refractivity contribution in [1.29, 1.82) is 0 Å². The van der Waals surface area contributed by atoms with Gasteiger partial charge in [0.2, 0.25) is 0 Å². The van der Waals surface area contributed by atoms with Crippen LogP contribution in [0.3, 0.4) is 0 Å². The predicted molar refractivity (Wildman–Crippen MR) is 89.5 cm³/mol. The fraction of sp³-hybridized carbons (Fsp3) is 0.750. The molecule has 1 aromatic heterocycles. The molecule has 24 heavy (non-hydrogen) atoms. The van der Waals surface area contributed by atoms with Crippen LogP contribution in [0.15, 0.2) is 4.99 Å². The molecule has 1 fully saturated rings. The SMILES string of the molecule is CCNC(=NCc1nnc2n1CCC2)N1CCC(C(=O)OC)CC1. The van der Waals surface area contributed by atoms with E-state index in [2.05, 4.69) is 31.9 Å². The Morgan fingerprint density at radius 2 is 2.12 bits per heavy atom. The van der Waals surface area contributed by atoms with Gasteiger partial charge in [0.15, 0.2) is 11.8 Å². The number of hydrogen-bond donors (Lipinski definition) is 1. The second kappa shape index (κ2) is 7.63. The molecule has 0 aromatic carbocycles. The Hall–Kier alpha value is -2.12. The van der Waals surface area contributed by atoms with Crippen LogP contribution in [0.1, 0.15) is 37.8 Å². The smallest absolute Gasteiger partial charge is 0.308 e. The van der Waals surface area contributed by atoms with E-state index in [9.17, 15) is 4.79 Å². The Morgan fingerprint density at radius 1 is 1.33 bits per heavy atom. The fourth-order valence-corrected chi connectivity index (χ4v) is 3.39. The number of aliphatic imine (C=N–C) groups is 1. The van der Waals surface area contributed by atoms with E-state index in [-0.39, 0.29) is 11.9 Å². The van der Waals surface area contributed by atoms with Gasteiger partial charge >= 0.3 is 5.97 Å². The molecular formula is C16H26N6O2. The van der Waals surface area contributed by atoms with E-state index in [1.807, 2.05) is 0 Å². The van der Waals surface area contributed by atoms with Crippen LogP contribution in [0.25, 0.3) is 0 Å². The summed E-state index contributed by atoms with van der Waals surface area (Å²) in [7, 11) is 1.46. The second-order valence-corrected chi connectivity index (χ2v) is 6.24. The van der Waals surface area contributed by atoms with Crippen molar-refractivity contribution < 1.29 is 9.53 Å². The lowest BCUT2D eigenvalue weighted by atomic mass is 9.97. The van der Waals surface area contributed by atoms with Crippen molar-refractivity contribution in [3.05, 3.63) is 11.6 Å². The molecule has 1 N–H and O–H groups in total. The van der Waals surface area contributed by atoms with Crippen molar-refractivity contribution in [2.75, 3.05) is 26.7 Å². The van der Waals surface area contributed by atoms with E-state index in [1.54, 1.807) is 0 Å². The highest BCUT2D eigenvalue weighted by Crippen LogP contribution is 2.19. The lowest BCUT2D eigenvalue weighted by Crippen LogP contribution is -2.46. The summed E-state index contributed by atoms with van der Waals surface area (Å²) in [5, 5.41) is 11.8. The van der Waals surface area contributed by atoms with Crippen molar-refractivity contribution >= 4 is 11.9 Å². The number of hydrogen-bond acceptors (Lipinski definition) is 5. The maximum atomic E-state index is 11.7. The number of fused-ring (bicyclic) bond motifs is 1. The third kappa shape index (κ3) is 3.52. The first-order chi connectivity index (χ1) is 11.7. The fourth-order valence-electron chi connectivity index (χ4n) is 3.39. The molecule has 3 heterocycles. The summed E-state index contributed by atoms with van der Waals surface area (Å²) < 4.78 is 7.03. The lowest BCUT2D eigenvalue weighted by Gasteiger charge is -2.33. The number of nitrogens with one attached hydrogen (secondary N) is 1. The van der Waals surface area contributed by atoms with E-state index in [1.165, 1.54) is 7.11 Å². The largest absolute Gasteiger partial charge is 0.469 e. The first-order valence-corrected chi connectivity index (χ1v) is 8.75. The monoisotopic (exact) mass is 334 g/mol. The molecule has 3 rings (SSSR count). The number of guanidine groups is 1. The van der Waals surface area contributed by atoms with E-state index in [4.69, 9.17) is 9.73 Å². The maximum Gasteiger partial charge on any atom is 0.308 e. The molecule has 8 heteroatoms. The third-order valence-electron chi connectivity index (χ3n) is 4.72. The molecule has 2 aliphatic heterocycles. The van der Waals surface area contributed by atoms with Crippen LogP contribution >= 0.6 is 0 Å². The highest BCUT2D eigenvalue weighted by atomic mass is 16.5. The minimum absolute atomic E-state index is 0.00823. The molecule has 1 saturated heterocycles. The van der Waals surface area contributed by atoms with Gasteiger partial charge < -0.3 is 19.5 Å². The van der Waals surface area contributed by atoms with Gasteiger partial charge in [0, 0.05) is 32.6 Å². The van der Waals surface area contributed by atoms with Crippen LogP contribution in [0, 0.1) is 5.92 Å². The van der Waals surface area contributed by atoms with Crippen LogP contribution in [0.2, 0.25) is 0 Å². The lowest BCUT2D eigenvalue weighted by molar-refractivity contribution is -0.146. The second-order valence-electron chi connectivity index (χ2n) is 6.24. The van der Waals surface area contributed by atoms with E-state index in [0.29, 0.717) is 6.54 Å². The van der Waals surface area contributed by atoms with Crippen LogP contribution in [0.4, 0.5) is 0 Å². The standard InChI is InChI=1S/C16H26N6O2/c1-3-17-16(21-9-6-12(7-10-21)15(23)24-2)18-11-14-20-19-13-5-4-8-22(13)14/h12H,3-11H2,1-2H3,(H,17,18). The molecule has 0 saturated carbocycles. The van der Waals surface area contributed by atoms with Gasteiger partial charge in [-0.25, -0.2) is 4.99 Å². The molecule has 1 aromatic rings. The van der Waals surface area contributed by atoms with Crippen molar-refractivity contribution in [2.45, 2.75) is 45.7 Å². The zero-order valence-electron chi connectivity index (χ0n) is 14.5. The van der Waals surface area contributed by atoms with E-state index >= 15 is 0 Å². The Balaban J connectivity index is 1.63. The summed E-state index contributed by atoms with van der Waals surface area (Å²) >= 11 is 0. The van der Waals surface area contributed by atoms with Crippen LogP contribution in [0.5, 0.6) is 0 Å². The molecule has 0 spiro atoms. The number of carbonyl (C=O) groups excluding carboxylic acids is 1. The average molecular weight is 334 g/mol. The summed E-state index contributed by atoms with van der Waals surface area (Å²) in [6, 6.07) is 0. The minimum Gasteiger partial charge on any atom is -0.469 e. The highest BCUT2D eigenvalue weighted by Gasteiger charge is 2.27. The van der Waals surface area contributed by atoms with Crippen molar-refractivity contribution in [3.8, 4) is 0 Å². The first-order valence-electron chi connectivity index (χ1n) is 8.75. The summed E-state index contributed by atoms with van der Waals surface area (Å²) in [5.74, 6) is 2.80. The molecular weight excluding hydrogens is 308 g/mol. The number of likely N-dealkylation sites (tertiary alicyclic amines) is 1. The van der Waals surface area contributed by atoms with Gasteiger partial charge in [-0.15, -0.1) is 10.2 Å². The van der Waals surface area contributed by atoms with Crippen molar-refractivity contribution in [2.24, 2.45) is 10.9 Å². The third-order valence-corrected chi connectivity index (χ3v) is 4.72. The average Bonchev–Trinajstić information content (AvgIpc) is 3.22. The Labute approximate surface area is 142 Å². The quantitative estimate of drug-likeness (QED) is 0.492. The number of rotatable bonds is 4. The molecule has 0 aliphatic carbocycles. The topological polar surface area (TPSA) is 84.6 Å². The highest BCUT2D eigenvalue weighted by molar-refractivity contribution is 5.80. The number of piperidine rings is 1.